The van der Waals surface area contributed by atoms with Gasteiger partial charge in [0.25, 0.3) is 11.5 Å². The summed E-state index contributed by atoms with van der Waals surface area (Å²) in [6, 6.07) is 5.04. The first-order valence-electron chi connectivity index (χ1n) is 7.03. The van der Waals surface area contributed by atoms with Crippen LogP contribution in [0, 0.1) is 20.8 Å². The molecule has 0 unspecified atom stereocenters. The highest BCUT2D eigenvalue weighted by Crippen LogP contribution is 2.17. The molecule has 0 radical (unpaired) electrons. The van der Waals surface area contributed by atoms with Crippen LogP contribution >= 0.6 is 0 Å². The maximum atomic E-state index is 12.4. The summed E-state index contributed by atoms with van der Waals surface area (Å²) in [6.45, 7) is 5.77. The lowest BCUT2D eigenvalue weighted by Crippen LogP contribution is -2.21. The number of rotatable bonds is 3. The van der Waals surface area contributed by atoms with E-state index < -0.39 is 11.5 Å². The summed E-state index contributed by atoms with van der Waals surface area (Å²) in [5, 5.41) is 2.68. The van der Waals surface area contributed by atoms with E-state index in [1.54, 1.807) is 0 Å². The molecule has 0 fully saturated rings. The Morgan fingerprint density at radius 2 is 1.65 bits per heavy atom. The van der Waals surface area contributed by atoms with Gasteiger partial charge in [-0.2, -0.15) is 0 Å². The Balaban J connectivity index is 2.33. The van der Waals surface area contributed by atoms with Gasteiger partial charge in [0.05, 0.1) is 12.8 Å². The molecule has 1 heterocycles. The molecular formula is C17H18N2O4. The third kappa shape index (κ3) is 3.48. The molecule has 1 aromatic heterocycles. The molecule has 120 valence electrons. The van der Waals surface area contributed by atoms with E-state index in [-0.39, 0.29) is 11.5 Å². The number of benzene rings is 1. The first kappa shape index (κ1) is 16.5. The number of pyridine rings is 1. The van der Waals surface area contributed by atoms with Crippen molar-refractivity contribution in [2.75, 3.05) is 12.4 Å². The zero-order valence-corrected chi connectivity index (χ0v) is 13.4. The van der Waals surface area contributed by atoms with Crippen LogP contribution in [0.3, 0.4) is 0 Å². The fourth-order valence-electron chi connectivity index (χ4n) is 2.22. The molecule has 0 aliphatic rings. The largest absolute Gasteiger partial charge is 0.465 e. The molecule has 0 saturated heterocycles. The van der Waals surface area contributed by atoms with E-state index in [4.69, 9.17) is 0 Å². The minimum absolute atomic E-state index is 0.165. The molecule has 2 rings (SSSR count). The van der Waals surface area contributed by atoms with Crippen molar-refractivity contribution in [3.05, 3.63) is 62.6 Å². The van der Waals surface area contributed by atoms with Gasteiger partial charge < -0.3 is 15.0 Å². The predicted octanol–water partition coefficient (Wildman–Crippen LogP) is 2.34. The normalized spacial score (nSPS) is 10.3. The van der Waals surface area contributed by atoms with Crippen LogP contribution < -0.4 is 10.9 Å². The summed E-state index contributed by atoms with van der Waals surface area (Å²) in [5.41, 5.74) is 3.09. The fraction of sp³-hybridized carbons (Fsp3) is 0.235. The summed E-state index contributed by atoms with van der Waals surface area (Å²) in [5.74, 6) is -1.07. The summed E-state index contributed by atoms with van der Waals surface area (Å²) in [4.78, 5) is 37.9. The van der Waals surface area contributed by atoms with Crippen LogP contribution in [0.1, 0.15) is 37.4 Å². The Labute approximate surface area is 133 Å². The average molecular weight is 314 g/mol. The van der Waals surface area contributed by atoms with Gasteiger partial charge in [-0.1, -0.05) is 6.07 Å². The number of aryl methyl sites for hydroxylation is 3. The smallest absolute Gasteiger partial charge is 0.343 e. The Morgan fingerprint density at radius 3 is 2.30 bits per heavy atom. The van der Waals surface area contributed by atoms with Gasteiger partial charge >= 0.3 is 5.97 Å². The van der Waals surface area contributed by atoms with Crippen LogP contribution in [-0.4, -0.2) is 24.0 Å². The van der Waals surface area contributed by atoms with Gasteiger partial charge in [0.2, 0.25) is 0 Å². The second kappa shape index (κ2) is 6.48. The number of hydrogen-bond acceptors (Lipinski definition) is 4. The van der Waals surface area contributed by atoms with Crippen molar-refractivity contribution in [1.29, 1.82) is 0 Å². The average Bonchev–Trinajstić information content (AvgIpc) is 2.51. The van der Waals surface area contributed by atoms with Crippen LogP contribution in [0.25, 0.3) is 0 Å². The number of hydrogen-bond donors (Lipinski definition) is 2. The van der Waals surface area contributed by atoms with Crippen molar-refractivity contribution in [1.82, 2.24) is 4.98 Å². The number of ether oxygens (including phenoxy) is 1. The second-order valence-electron chi connectivity index (χ2n) is 5.33. The number of anilines is 1. The standard InChI is InChI=1S/C17H18N2O4/c1-9-5-11(3)13(6-10(9)2)16(21)19-12-7-14(17(22)23-4)15(20)18-8-12/h5-8H,1-4H3,(H,18,20)(H,19,21). The highest BCUT2D eigenvalue weighted by Gasteiger charge is 2.15. The van der Waals surface area contributed by atoms with Crippen LogP contribution in [0.4, 0.5) is 5.69 Å². The van der Waals surface area contributed by atoms with Crippen molar-refractivity contribution in [3.63, 3.8) is 0 Å². The first-order valence-corrected chi connectivity index (χ1v) is 7.03. The zero-order valence-electron chi connectivity index (χ0n) is 13.4. The summed E-state index contributed by atoms with van der Waals surface area (Å²) >= 11 is 0. The van der Waals surface area contributed by atoms with E-state index in [1.807, 2.05) is 32.9 Å². The molecule has 6 heteroatoms. The molecule has 1 amide bonds. The molecule has 0 aliphatic heterocycles. The van der Waals surface area contributed by atoms with Crippen LogP contribution in [0.5, 0.6) is 0 Å². The summed E-state index contributed by atoms with van der Waals surface area (Å²) in [6.07, 6.45) is 1.34. The molecule has 0 spiro atoms. The monoisotopic (exact) mass is 314 g/mol. The zero-order chi connectivity index (χ0) is 17.1. The third-order valence-electron chi connectivity index (χ3n) is 3.65. The number of amides is 1. The lowest BCUT2D eigenvalue weighted by molar-refractivity contribution is 0.0598. The lowest BCUT2D eigenvalue weighted by atomic mass is 10.0. The molecule has 23 heavy (non-hydrogen) atoms. The highest BCUT2D eigenvalue weighted by molar-refractivity contribution is 6.05. The molecule has 0 saturated carbocycles. The minimum atomic E-state index is -0.760. The van der Waals surface area contributed by atoms with Crippen LogP contribution in [0.15, 0.2) is 29.2 Å². The van der Waals surface area contributed by atoms with Crippen LogP contribution in [0.2, 0.25) is 0 Å². The lowest BCUT2D eigenvalue weighted by Gasteiger charge is -2.11. The van der Waals surface area contributed by atoms with Crippen molar-refractivity contribution >= 4 is 17.6 Å². The van der Waals surface area contributed by atoms with E-state index in [2.05, 4.69) is 15.0 Å². The number of carbonyl (C=O) groups excluding carboxylic acids is 2. The highest BCUT2D eigenvalue weighted by atomic mass is 16.5. The molecule has 0 bridgehead atoms. The molecular weight excluding hydrogens is 296 g/mol. The number of aromatic amines is 1. The van der Waals surface area contributed by atoms with Crippen molar-refractivity contribution in [2.45, 2.75) is 20.8 Å². The Hall–Kier alpha value is -2.89. The quantitative estimate of drug-likeness (QED) is 0.851. The number of aromatic nitrogens is 1. The molecule has 2 aromatic rings. The van der Waals surface area contributed by atoms with E-state index >= 15 is 0 Å². The number of nitrogens with one attached hydrogen (secondary N) is 2. The van der Waals surface area contributed by atoms with Gasteiger partial charge in [0.15, 0.2) is 0 Å². The van der Waals surface area contributed by atoms with Gasteiger partial charge in [-0.25, -0.2) is 4.79 Å². The minimum Gasteiger partial charge on any atom is -0.465 e. The Kier molecular flexibility index (Phi) is 4.64. The maximum Gasteiger partial charge on any atom is 0.343 e. The van der Waals surface area contributed by atoms with Gasteiger partial charge in [0, 0.05) is 11.8 Å². The van der Waals surface area contributed by atoms with Gasteiger partial charge in [0.1, 0.15) is 5.56 Å². The summed E-state index contributed by atoms with van der Waals surface area (Å²) in [7, 11) is 1.19. The van der Waals surface area contributed by atoms with Gasteiger partial charge in [-0.15, -0.1) is 0 Å². The molecule has 2 N–H and O–H groups in total. The summed E-state index contributed by atoms with van der Waals surface area (Å²) < 4.78 is 4.54. The molecule has 0 aliphatic carbocycles. The van der Waals surface area contributed by atoms with E-state index in [0.717, 1.165) is 16.7 Å². The van der Waals surface area contributed by atoms with Crippen LogP contribution in [-0.2, 0) is 4.74 Å². The molecule has 6 nitrogen and oxygen atoms in total. The number of carbonyl (C=O) groups is 2. The maximum absolute atomic E-state index is 12.4. The van der Waals surface area contributed by atoms with Crippen molar-refractivity contribution in [3.8, 4) is 0 Å². The number of esters is 1. The van der Waals surface area contributed by atoms with E-state index in [1.165, 1.54) is 19.4 Å². The van der Waals surface area contributed by atoms with E-state index in [9.17, 15) is 14.4 Å². The first-order chi connectivity index (χ1) is 10.8. The third-order valence-corrected chi connectivity index (χ3v) is 3.65. The molecule has 1 aromatic carbocycles. The second-order valence-corrected chi connectivity index (χ2v) is 5.33. The Morgan fingerprint density at radius 1 is 1.00 bits per heavy atom. The Bertz CT molecular complexity index is 837. The van der Waals surface area contributed by atoms with Gasteiger partial charge in [-0.3, -0.25) is 9.59 Å². The SMILES string of the molecule is COC(=O)c1cc(NC(=O)c2cc(C)c(C)cc2C)c[nH]c1=O. The predicted molar refractivity (Wildman–Crippen MR) is 87.0 cm³/mol. The van der Waals surface area contributed by atoms with Crippen molar-refractivity contribution in [2.24, 2.45) is 0 Å². The number of H-pyrrole nitrogens is 1. The van der Waals surface area contributed by atoms with Crippen molar-refractivity contribution < 1.29 is 14.3 Å². The van der Waals surface area contributed by atoms with E-state index in [0.29, 0.717) is 11.3 Å². The fourth-order valence-corrected chi connectivity index (χ4v) is 2.22. The molecule has 0 atom stereocenters. The number of methoxy groups -OCH3 is 1. The van der Waals surface area contributed by atoms with Gasteiger partial charge in [-0.05, 0) is 49.6 Å². The topological polar surface area (TPSA) is 88.3 Å².